The number of carbonyl (C=O) groups is 3. The van der Waals surface area contributed by atoms with E-state index in [1.165, 1.54) is 0 Å². The minimum Gasteiger partial charge on any atom is -0.478 e. The van der Waals surface area contributed by atoms with Crippen LogP contribution in [0, 0.1) is 0 Å². The number of carbonyl (C=O) groups excluding carboxylic acids is 2. The summed E-state index contributed by atoms with van der Waals surface area (Å²) < 4.78 is 0. The normalized spacial score (nSPS) is 14.5. The summed E-state index contributed by atoms with van der Waals surface area (Å²) in [6, 6.07) is -0.209. The number of hydrogen-bond acceptors (Lipinski definition) is 3. The first kappa shape index (κ1) is 14.2. The first-order chi connectivity index (χ1) is 8.54. The molecule has 0 bridgehead atoms. The highest BCUT2D eigenvalue weighted by Crippen LogP contribution is 2.27. The molecule has 6 nitrogen and oxygen atoms in total. The highest BCUT2D eigenvalue weighted by Gasteiger charge is 2.32. The van der Waals surface area contributed by atoms with Gasteiger partial charge in [0.2, 0.25) is 0 Å². The standard InChI is InChI=1S/C12H18N2O4/c1-2-3-8-14(9-4-5-9)12(18)13-10(15)6-7-11(16)17/h6-7,9H,2-5,8H2,1H3,(H,16,17)(H,13,15,18)/b7-6+. The fourth-order valence-electron chi connectivity index (χ4n) is 1.53. The molecule has 0 heterocycles. The van der Waals surface area contributed by atoms with E-state index in [-0.39, 0.29) is 6.04 Å². The Morgan fingerprint density at radius 1 is 1.33 bits per heavy atom. The fourth-order valence-corrected chi connectivity index (χ4v) is 1.53. The van der Waals surface area contributed by atoms with E-state index in [9.17, 15) is 14.4 Å². The van der Waals surface area contributed by atoms with Crippen molar-refractivity contribution in [3.63, 3.8) is 0 Å². The highest BCUT2D eigenvalue weighted by atomic mass is 16.4. The first-order valence-corrected chi connectivity index (χ1v) is 6.07. The third kappa shape index (κ3) is 4.99. The van der Waals surface area contributed by atoms with Gasteiger partial charge in [-0.05, 0) is 19.3 Å². The van der Waals surface area contributed by atoms with Crippen LogP contribution in [0.5, 0.6) is 0 Å². The lowest BCUT2D eigenvalue weighted by molar-refractivity contribution is -0.131. The Kier molecular flexibility index (Phi) is 5.35. The third-order valence-corrected chi connectivity index (χ3v) is 2.61. The molecule has 6 heteroatoms. The second-order valence-corrected chi connectivity index (χ2v) is 4.24. The minimum atomic E-state index is -1.22. The van der Waals surface area contributed by atoms with Crippen LogP contribution >= 0.6 is 0 Å². The summed E-state index contributed by atoms with van der Waals surface area (Å²) in [5.41, 5.74) is 0. The van der Waals surface area contributed by atoms with Crippen LogP contribution in [-0.2, 0) is 9.59 Å². The van der Waals surface area contributed by atoms with E-state index in [4.69, 9.17) is 5.11 Å². The highest BCUT2D eigenvalue weighted by molar-refractivity contribution is 6.02. The molecule has 18 heavy (non-hydrogen) atoms. The molecular weight excluding hydrogens is 236 g/mol. The van der Waals surface area contributed by atoms with Gasteiger partial charge in [0.25, 0.3) is 5.91 Å². The van der Waals surface area contributed by atoms with E-state index in [1.54, 1.807) is 4.90 Å². The summed E-state index contributed by atoms with van der Waals surface area (Å²) in [5.74, 6) is -1.92. The lowest BCUT2D eigenvalue weighted by atomic mass is 10.3. The van der Waals surface area contributed by atoms with Gasteiger partial charge in [0.1, 0.15) is 0 Å². The molecule has 1 saturated carbocycles. The third-order valence-electron chi connectivity index (χ3n) is 2.61. The Hall–Kier alpha value is -1.85. The largest absolute Gasteiger partial charge is 0.478 e. The van der Waals surface area contributed by atoms with Crippen molar-refractivity contribution in [3.8, 4) is 0 Å². The number of rotatable bonds is 6. The number of carboxylic acids is 1. The van der Waals surface area contributed by atoms with E-state index < -0.39 is 17.9 Å². The van der Waals surface area contributed by atoms with Crippen LogP contribution in [0.4, 0.5) is 4.79 Å². The zero-order valence-corrected chi connectivity index (χ0v) is 10.4. The van der Waals surface area contributed by atoms with Gasteiger partial charge in [0.15, 0.2) is 0 Å². The summed E-state index contributed by atoms with van der Waals surface area (Å²) in [7, 11) is 0. The van der Waals surface area contributed by atoms with Crippen molar-refractivity contribution in [1.29, 1.82) is 0 Å². The Labute approximate surface area is 106 Å². The number of unbranched alkanes of at least 4 members (excludes halogenated alkanes) is 1. The molecule has 0 aromatic rings. The number of carboxylic acid groups (broad SMARTS) is 1. The van der Waals surface area contributed by atoms with Crippen LogP contribution in [0.1, 0.15) is 32.6 Å². The van der Waals surface area contributed by atoms with Gasteiger partial charge in [-0.15, -0.1) is 0 Å². The Balaban J connectivity index is 2.45. The second kappa shape index (κ2) is 6.78. The monoisotopic (exact) mass is 254 g/mol. The average Bonchev–Trinajstić information content (AvgIpc) is 3.11. The van der Waals surface area contributed by atoms with Crippen LogP contribution in [-0.4, -0.2) is 40.5 Å². The lowest BCUT2D eigenvalue weighted by Gasteiger charge is -2.21. The molecule has 0 aromatic carbocycles. The van der Waals surface area contributed by atoms with Gasteiger partial charge in [-0.2, -0.15) is 0 Å². The zero-order chi connectivity index (χ0) is 13.5. The van der Waals surface area contributed by atoms with Gasteiger partial charge in [-0.25, -0.2) is 9.59 Å². The Morgan fingerprint density at radius 3 is 2.50 bits per heavy atom. The van der Waals surface area contributed by atoms with Crippen molar-refractivity contribution in [3.05, 3.63) is 12.2 Å². The molecule has 0 unspecified atom stereocenters. The molecule has 0 atom stereocenters. The summed E-state index contributed by atoms with van der Waals surface area (Å²) in [6.45, 7) is 2.66. The minimum absolute atomic E-state index is 0.229. The van der Waals surface area contributed by atoms with Gasteiger partial charge in [0.05, 0.1) is 0 Å². The number of nitrogens with one attached hydrogen (secondary N) is 1. The molecule has 3 amide bonds. The van der Waals surface area contributed by atoms with Crippen LogP contribution in [0.3, 0.4) is 0 Å². The lowest BCUT2D eigenvalue weighted by Crippen LogP contribution is -2.44. The number of hydrogen-bond donors (Lipinski definition) is 2. The first-order valence-electron chi connectivity index (χ1n) is 6.07. The van der Waals surface area contributed by atoms with Crippen molar-refractivity contribution in [2.45, 2.75) is 38.6 Å². The number of aliphatic carboxylic acids is 1. The maximum Gasteiger partial charge on any atom is 0.328 e. The topological polar surface area (TPSA) is 86.7 Å². The molecule has 0 aromatic heterocycles. The van der Waals surface area contributed by atoms with Crippen LogP contribution < -0.4 is 5.32 Å². The summed E-state index contributed by atoms with van der Waals surface area (Å²) in [6.07, 6.45) is 5.35. The van der Waals surface area contributed by atoms with E-state index in [0.717, 1.165) is 31.8 Å². The number of amides is 3. The maximum atomic E-state index is 11.8. The maximum absolute atomic E-state index is 11.8. The van der Waals surface area contributed by atoms with E-state index in [2.05, 4.69) is 5.32 Å². The second-order valence-electron chi connectivity index (χ2n) is 4.24. The predicted molar refractivity (Wildman–Crippen MR) is 65.0 cm³/mol. The molecule has 1 aliphatic carbocycles. The summed E-state index contributed by atoms with van der Waals surface area (Å²) in [5, 5.41) is 10.5. The summed E-state index contributed by atoms with van der Waals surface area (Å²) in [4.78, 5) is 34.9. The number of imide groups is 1. The molecule has 100 valence electrons. The molecule has 0 radical (unpaired) electrons. The van der Waals surface area contributed by atoms with Gasteiger partial charge in [-0.1, -0.05) is 13.3 Å². The smallest absolute Gasteiger partial charge is 0.328 e. The molecular formula is C12H18N2O4. The molecule has 0 aliphatic heterocycles. The Morgan fingerprint density at radius 2 is 2.00 bits per heavy atom. The molecule has 0 saturated heterocycles. The molecule has 0 spiro atoms. The fraction of sp³-hybridized carbons (Fsp3) is 0.583. The van der Waals surface area contributed by atoms with Crippen LogP contribution in [0.25, 0.3) is 0 Å². The van der Waals surface area contributed by atoms with E-state index in [1.807, 2.05) is 6.92 Å². The molecule has 1 fully saturated rings. The van der Waals surface area contributed by atoms with E-state index >= 15 is 0 Å². The van der Waals surface area contributed by atoms with Crippen LogP contribution in [0.15, 0.2) is 12.2 Å². The zero-order valence-electron chi connectivity index (χ0n) is 10.4. The summed E-state index contributed by atoms with van der Waals surface area (Å²) >= 11 is 0. The molecule has 1 aliphatic rings. The van der Waals surface area contributed by atoms with Crippen molar-refractivity contribution in [2.75, 3.05) is 6.54 Å². The SMILES string of the molecule is CCCCN(C(=O)NC(=O)/C=C/C(=O)O)C1CC1. The van der Waals surface area contributed by atoms with Crippen LogP contribution in [0.2, 0.25) is 0 Å². The van der Waals surface area contributed by atoms with E-state index in [0.29, 0.717) is 12.6 Å². The number of urea groups is 1. The van der Waals surface area contributed by atoms with Crippen molar-refractivity contribution in [1.82, 2.24) is 10.2 Å². The van der Waals surface area contributed by atoms with Gasteiger partial charge in [0, 0.05) is 24.7 Å². The van der Waals surface area contributed by atoms with Crippen molar-refractivity contribution >= 4 is 17.9 Å². The predicted octanol–water partition coefficient (Wildman–Crippen LogP) is 1.13. The van der Waals surface area contributed by atoms with Crippen molar-refractivity contribution in [2.24, 2.45) is 0 Å². The number of nitrogens with zero attached hydrogens (tertiary/aromatic N) is 1. The van der Waals surface area contributed by atoms with Gasteiger partial charge < -0.3 is 10.0 Å². The van der Waals surface area contributed by atoms with Gasteiger partial charge >= 0.3 is 12.0 Å². The quantitative estimate of drug-likeness (QED) is 0.695. The molecule has 2 N–H and O–H groups in total. The van der Waals surface area contributed by atoms with Gasteiger partial charge in [-0.3, -0.25) is 10.1 Å². The van der Waals surface area contributed by atoms with Crippen molar-refractivity contribution < 1.29 is 19.5 Å². The molecule has 1 rings (SSSR count). The average molecular weight is 254 g/mol. The Bertz CT molecular complexity index is 361.